The number of aromatic nitrogens is 1. The molecule has 0 spiro atoms. The number of nitrogens with zero attached hydrogens (tertiary/aromatic N) is 1. The van der Waals surface area contributed by atoms with Gasteiger partial charge in [-0.25, -0.2) is 9.18 Å². The number of benzene rings is 1. The highest BCUT2D eigenvalue weighted by Crippen LogP contribution is 2.53. The van der Waals surface area contributed by atoms with E-state index in [-0.39, 0.29) is 47.8 Å². The first kappa shape index (κ1) is 24.5. The maximum atomic E-state index is 13.6. The van der Waals surface area contributed by atoms with Crippen molar-refractivity contribution >= 4 is 18.1 Å². The topological polar surface area (TPSA) is 77.5 Å². The van der Waals surface area contributed by atoms with Gasteiger partial charge in [0, 0.05) is 23.7 Å². The summed E-state index contributed by atoms with van der Waals surface area (Å²) in [6.07, 6.45) is 9.07. The van der Waals surface area contributed by atoms with Gasteiger partial charge < -0.3 is 14.8 Å². The minimum Gasteiger partial charge on any atom is -0.462 e. The second-order valence-electron chi connectivity index (χ2n) is 10.3. The summed E-state index contributed by atoms with van der Waals surface area (Å²) in [5.74, 6) is 0.629. The Kier molecular flexibility index (Phi) is 7.08. The fourth-order valence-corrected chi connectivity index (χ4v) is 6.64. The molecule has 1 aliphatic heterocycles. The summed E-state index contributed by atoms with van der Waals surface area (Å²) in [7, 11) is 0. The van der Waals surface area contributed by atoms with E-state index in [0.29, 0.717) is 18.4 Å². The van der Waals surface area contributed by atoms with Crippen LogP contribution < -0.4 is 5.32 Å². The van der Waals surface area contributed by atoms with Crippen LogP contribution in [0.5, 0.6) is 0 Å². The van der Waals surface area contributed by atoms with Crippen LogP contribution >= 0.6 is 0 Å². The van der Waals surface area contributed by atoms with Crippen LogP contribution in [-0.4, -0.2) is 35.8 Å². The molecule has 2 heterocycles. The zero-order valence-corrected chi connectivity index (χ0v) is 20.7. The molecule has 2 saturated carbocycles. The summed E-state index contributed by atoms with van der Waals surface area (Å²) in [4.78, 5) is 29.2. The van der Waals surface area contributed by atoms with Crippen LogP contribution in [0.4, 0.5) is 9.18 Å². The van der Waals surface area contributed by atoms with Crippen molar-refractivity contribution in [2.45, 2.75) is 51.7 Å². The number of hydrogen-bond donors (Lipinski definition) is 1. The molecule has 1 saturated heterocycles. The predicted octanol–water partition coefficient (Wildman–Crippen LogP) is 5.63. The number of pyridine rings is 1. The molecule has 7 atom stereocenters. The number of esters is 1. The Morgan fingerprint density at radius 2 is 2.08 bits per heavy atom. The van der Waals surface area contributed by atoms with Crippen LogP contribution in [0.1, 0.15) is 45.2 Å². The van der Waals surface area contributed by atoms with Gasteiger partial charge in [0.15, 0.2) is 0 Å². The third-order valence-corrected chi connectivity index (χ3v) is 8.18. The number of allylic oxidation sites excluding steroid dienone is 1. The fraction of sp³-hybridized carbons (Fsp3) is 0.483. The van der Waals surface area contributed by atoms with Gasteiger partial charge in [0.2, 0.25) is 0 Å². The molecule has 5 rings (SSSR count). The lowest BCUT2D eigenvalue weighted by atomic mass is 9.57. The van der Waals surface area contributed by atoms with Crippen molar-refractivity contribution < 1.29 is 23.5 Å². The average molecular weight is 493 g/mol. The number of ether oxygens (including phenoxy) is 2. The molecular weight excluding hydrogens is 459 g/mol. The minimum absolute atomic E-state index is 0.0679. The van der Waals surface area contributed by atoms with Gasteiger partial charge >= 0.3 is 12.1 Å². The van der Waals surface area contributed by atoms with E-state index in [9.17, 15) is 14.0 Å². The third kappa shape index (κ3) is 5.01. The molecule has 6 nitrogen and oxygen atoms in total. The van der Waals surface area contributed by atoms with Crippen molar-refractivity contribution in [2.75, 3.05) is 6.61 Å². The number of fused-ring (bicyclic) bond motifs is 2. The zero-order chi connectivity index (χ0) is 25.2. The third-order valence-electron chi connectivity index (χ3n) is 8.18. The molecule has 36 heavy (non-hydrogen) atoms. The van der Waals surface area contributed by atoms with Gasteiger partial charge in [-0.2, -0.15) is 0 Å². The summed E-state index contributed by atoms with van der Waals surface area (Å²) < 4.78 is 24.3. The summed E-state index contributed by atoms with van der Waals surface area (Å²) in [6.45, 7) is 4.15. The Morgan fingerprint density at radius 3 is 2.83 bits per heavy atom. The van der Waals surface area contributed by atoms with E-state index in [1.54, 1.807) is 19.2 Å². The van der Waals surface area contributed by atoms with Gasteiger partial charge in [0.1, 0.15) is 11.9 Å². The quantitative estimate of drug-likeness (QED) is 0.548. The summed E-state index contributed by atoms with van der Waals surface area (Å²) in [6, 6.07) is 10.4. The first-order valence-electron chi connectivity index (χ1n) is 13.0. The van der Waals surface area contributed by atoms with E-state index < -0.39 is 0 Å². The van der Waals surface area contributed by atoms with Crippen molar-refractivity contribution in [1.82, 2.24) is 10.3 Å². The smallest absolute Gasteiger partial charge is 0.407 e. The van der Waals surface area contributed by atoms with Crippen LogP contribution in [0.3, 0.4) is 0 Å². The molecule has 3 aliphatic rings. The molecule has 0 radical (unpaired) electrons. The molecule has 3 fully saturated rings. The molecule has 1 aromatic heterocycles. The largest absolute Gasteiger partial charge is 0.462 e. The Bertz CT molecular complexity index is 1130. The molecule has 1 N–H and O–H groups in total. The fourth-order valence-electron chi connectivity index (χ4n) is 6.64. The number of alkyl carbamates (subject to hydrolysis) is 1. The molecule has 2 aromatic rings. The summed E-state index contributed by atoms with van der Waals surface area (Å²) >= 11 is 0. The number of cyclic esters (lactones) is 1. The van der Waals surface area contributed by atoms with E-state index >= 15 is 0 Å². The molecule has 0 unspecified atom stereocenters. The maximum Gasteiger partial charge on any atom is 0.407 e. The molecule has 190 valence electrons. The number of halogens is 1. The lowest BCUT2D eigenvalue weighted by Crippen LogP contribution is -2.48. The molecule has 7 heteroatoms. The normalized spacial score (nSPS) is 31.4. The van der Waals surface area contributed by atoms with Crippen molar-refractivity contribution in [3.63, 3.8) is 0 Å². The number of hydrogen-bond acceptors (Lipinski definition) is 5. The Labute approximate surface area is 211 Å². The summed E-state index contributed by atoms with van der Waals surface area (Å²) in [5.41, 5.74) is 2.48. The number of nitrogens with one attached hydrogen (secondary N) is 1. The first-order valence-corrected chi connectivity index (χ1v) is 13.0. The number of rotatable bonds is 5. The number of carbonyl (C=O) groups excluding carboxylic acids is 2. The monoisotopic (exact) mass is 492 g/mol. The second-order valence-corrected chi connectivity index (χ2v) is 10.3. The van der Waals surface area contributed by atoms with Gasteiger partial charge in [-0.1, -0.05) is 24.3 Å². The Balaban J connectivity index is 1.34. The maximum absolute atomic E-state index is 13.6. The van der Waals surface area contributed by atoms with Gasteiger partial charge in [-0.05, 0) is 87.1 Å². The number of carbonyl (C=O) groups is 2. The lowest BCUT2D eigenvalue weighted by molar-refractivity contribution is -0.144. The highest BCUT2D eigenvalue weighted by Gasteiger charge is 2.54. The molecular formula is C29H33FN2O4. The minimum atomic E-state index is -0.368. The van der Waals surface area contributed by atoms with Crippen LogP contribution in [0.25, 0.3) is 17.2 Å². The van der Waals surface area contributed by atoms with E-state index in [0.717, 1.165) is 42.5 Å². The van der Waals surface area contributed by atoms with Crippen LogP contribution in [0, 0.1) is 35.4 Å². The van der Waals surface area contributed by atoms with Gasteiger partial charge in [0.05, 0.1) is 18.2 Å². The highest BCUT2D eigenvalue weighted by molar-refractivity contribution is 5.75. The lowest BCUT2D eigenvalue weighted by Gasteiger charge is -2.47. The second kappa shape index (κ2) is 10.4. The van der Waals surface area contributed by atoms with E-state index in [2.05, 4.69) is 16.4 Å². The van der Waals surface area contributed by atoms with Crippen molar-refractivity contribution in [3.8, 4) is 11.1 Å². The molecule has 1 aromatic carbocycles. The number of amides is 1. The van der Waals surface area contributed by atoms with Gasteiger partial charge in [-0.3, -0.25) is 9.78 Å². The van der Waals surface area contributed by atoms with Crippen molar-refractivity contribution in [2.24, 2.45) is 29.6 Å². The predicted molar refractivity (Wildman–Crippen MR) is 134 cm³/mol. The van der Waals surface area contributed by atoms with Crippen LogP contribution in [-0.2, 0) is 14.3 Å². The van der Waals surface area contributed by atoms with E-state index in [1.807, 2.05) is 31.2 Å². The van der Waals surface area contributed by atoms with Gasteiger partial charge in [-0.15, -0.1) is 0 Å². The van der Waals surface area contributed by atoms with Crippen molar-refractivity contribution in [3.05, 3.63) is 60.2 Å². The van der Waals surface area contributed by atoms with E-state index in [1.165, 1.54) is 12.1 Å². The van der Waals surface area contributed by atoms with Gasteiger partial charge in [0.25, 0.3) is 0 Å². The highest BCUT2D eigenvalue weighted by atomic mass is 19.1. The van der Waals surface area contributed by atoms with E-state index in [4.69, 9.17) is 9.47 Å². The standard InChI is InChI=1S/C29H33FN2O4/c1-3-35-29(34)32-23-10-11-24-20(14-23)15-26-27(17(2)36-28(26)33)25(24)12-9-22-8-7-19(16-31-22)18-5-4-6-21(30)13-18/h4-9,12-13,16-17,20,23-27H,3,10-11,14-15H2,1-2H3,(H,32,34)/t17-,20+,23-,24+,25+,26+,27+/m0/s1. The first-order chi connectivity index (χ1) is 17.4. The van der Waals surface area contributed by atoms with Crippen LogP contribution in [0.2, 0.25) is 0 Å². The zero-order valence-electron chi connectivity index (χ0n) is 20.7. The Morgan fingerprint density at radius 1 is 1.22 bits per heavy atom. The molecule has 1 amide bonds. The van der Waals surface area contributed by atoms with Crippen LogP contribution in [0.15, 0.2) is 48.7 Å². The molecule has 2 aliphatic carbocycles. The molecule has 0 bridgehead atoms. The average Bonchev–Trinajstić information content (AvgIpc) is 3.15. The van der Waals surface area contributed by atoms with Crippen molar-refractivity contribution in [1.29, 1.82) is 0 Å². The SMILES string of the molecule is CCOC(=O)N[C@H]1CC[C@@H]2[C@H](C1)C[C@H]1C(=O)O[C@@H](C)[C@@H]1[C@@H]2C=Cc1ccc(-c2cccc(F)c2)cn1. The Hall–Kier alpha value is -3.22. The summed E-state index contributed by atoms with van der Waals surface area (Å²) in [5, 5.41) is 3.00.